The molecular weight excluding hydrogens is 310 g/mol. The van der Waals surface area contributed by atoms with Crippen molar-refractivity contribution in [1.82, 2.24) is 4.98 Å². The maximum atomic E-state index is 5.78. The van der Waals surface area contributed by atoms with Gasteiger partial charge in [0, 0.05) is 25.0 Å². The number of nitrogens with one attached hydrogen (secondary N) is 2. The monoisotopic (exact) mass is 333 g/mol. The van der Waals surface area contributed by atoms with E-state index >= 15 is 0 Å². The minimum Gasteiger partial charge on any atom is -0.494 e. The fourth-order valence-corrected chi connectivity index (χ4v) is 2.41. The van der Waals surface area contributed by atoms with Gasteiger partial charge >= 0.3 is 0 Å². The second-order valence-electron chi connectivity index (χ2n) is 5.71. The van der Waals surface area contributed by atoms with Crippen molar-refractivity contribution in [3.05, 3.63) is 84.6 Å². The van der Waals surface area contributed by atoms with Crippen LogP contribution in [0.1, 0.15) is 12.0 Å². The zero-order valence-electron chi connectivity index (χ0n) is 14.2. The Morgan fingerprint density at radius 2 is 1.60 bits per heavy atom. The molecule has 0 amide bonds. The second kappa shape index (κ2) is 9.33. The lowest BCUT2D eigenvalue weighted by Crippen LogP contribution is -2.08. The second-order valence-corrected chi connectivity index (χ2v) is 5.71. The number of pyridine rings is 1. The number of aromatic nitrogens is 1. The van der Waals surface area contributed by atoms with Gasteiger partial charge in [-0.1, -0.05) is 36.4 Å². The fourth-order valence-electron chi connectivity index (χ4n) is 2.41. The maximum absolute atomic E-state index is 5.78. The van der Waals surface area contributed by atoms with E-state index in [1.165, 1.54) is 5.56 Å². The summed E-state index contributed by atoms with van der Waals surface area (Å²) >= 11 is 0. The van der Waals surface area contributed by atoms with Gasteiger partial charge in [-0.05, 0) is 48.4 Å². The number of ether oxygens (including phenoxy) is 1. The summed E-state index contributed by atoms with van der Waals surface area (Å²) < 4.78 is 5.78. The normalized spacial score (nSPS) is 10.2. The largest absolute Gasteiger partial charge is 0.494 e. The first kappa shape index (κ1) is 16.8. The average Bonchev–Trinajstić information content (AvgIpc) is 2.69. The fraction of sp³-hybridized carbons (Fsp3) is 0.190. The van der Waals surface area contributed by atoms with Gasteiger partial charge < -0.3 is 15.4 Å². The molecule has 4 heteroatoms. The van der Waals surface area contributed by atoms with Crippen molar-refractivity contribution in [2.45, 2.75) is 13.0 Å². The Kier molecular flexibility index (Phi) is 6.28. The van der Waals surface area contributed by atoms with Gasteiger partial charge in [-0.2, -0.15) is 0 Å². The third kappa shape index (κ3) is 5.84. The molecule has 0 aliphatic rings. The highest BCUT2D eigenvalue weighted by Gasteiger charge is 1.97. The number of benzene rings is 2. The highest BCUT2D eigenvalue weighted by Crippen LogP contribution is 2.14. The Morgan fingerprint density at radius 3 is 2.36 bits per heavy atom. The molecule has 4 nitrogen and oxygen atoms in total. The first-order chi connectivity index (χ1) is 12.4. The molecule has 2 N–H and O–H groups in total. The van der Waals surface area contributed by atoms with Crippen molar-refractivity contribution in [3.8, 4) is 5.75 Å². The molecular formula is C21H23N3O. The summed E-state index contributed by atoms with van der Waals surface area (Å²) in [6.07, 6.45) is 2.71. The van der Waals surface area contributed by atoms with Crippen LogP contribution in [0.5, 0.6) is 5.75 Å². The molecule has 0 atom stereocenters. The van der Waals surface area contributed by atoms with Crippen molar-refractivity contribution >= 4 is 11.5 Å². The van der Waals surface area contributed by atoms with E-state index in [-0.39, 0.29) is 0 Å². The summed E-state index contributed by atoms with van der Waals surface area (Å²) in [5.41, 5.74) is 2.36. The topological polar surface area (TPSA) is 46.2 Å². The van der Waals surface area contributed by atoms with Crippen molar-refractivity contribution < 1.29 is 4.74 Å². The molecule has 1 aromatic heterocycles. The summed E-state index contributed by atoms with van der Waals surface area (Å²) in [6.45, 7) is 2.33. The SMILES string of the molecule is c1ccc(NCc2ccc(OCCCNc3ccccn3)cc2)cc1. The summed E-state index contributed by atoms with van der Waals surface area (Å²) in [5, 5.41) is 6.67. The standard InChI is InChI=1S/C21H23N3O/c1-2-7-19(8-3-1)24-17-18-10-12-20(13-11-18)25-16-6-15-23-21-9-4-5-14-22-21/h1-5,7-14,24H,6,15-17H2,(H,22,23). The minimum absolute atomic E-state index is 0.682. The van der Waals surface area contributed by atoms with Gasteiger partial charge in [-0.25, -0.2) is 4.98 Å². The number of anilines is 2. The highest BCUT2D eigenvalue weighted by atomic mass is 16.5. The lowest BCUT2D eigenvalue weighted by molar-refractivity contribution is 0.315. The van der Waals surface area contributed by atoms with Crippen LogP contribution in [-0.4, -0.2) is 18.1 Å². The molecule has 0 unspecified atom stereocenters. The van der Waals surface area contributed by atoms with E-state index in [2.05, 4.69) is 39.9 Å². The molecule has 0 bridgehead atoms. The molecule has 1 heterocycles. The molecule has 3 rings (SSSR count). The van der Waals surface area contributed by atoms with Gasteiger partial charge in [0.1, 0.15) is 11.6 Å². The van der Waals surface area contributed by atoms with Crippen molar-refractivity contribution in [2.75, 3.05) is 23.8 Å². The van der Waals surface area contributed by atoms with E-state index < -0.39 is 0 Å². The summed E-state index contributed by atoms with van der Waals surface area (Å²) in [7, 11) is 0. The molecule has 0 radical (unpaired) electrons. The Labute approximate surface area is 148 Å². The van der Waals surface area contributed by atoms with E-state index in [1.807, 2.05) is 48.5 Å². The molecule has 2 aromatic carbocycles. The lowest BCUT2D eigenvalue weighted by Gasteiger charge is -2.09. The van der Waals surface area contributed by atoms with Crippen molar-refractivity contribution in [3.63, 3.8) is 0 Å². The molecule has 0 spiro atoms. The van der Waals surface area contributed by atoms with Gasteiger partial charge in [0.15, 0.2) is 0 Å². The maximum Gasteiger partial charge on any atom is 0.125 e. The van der Waals surface area contributed by atoms with Crippen LogP contribution in [0.25, 0.3) is 0 Å². The van der Waals surface area contributed by atoms with Crippen LogP contribution in [0.4, 0.5) is 11.5 Å². The number of para-hydroxylation sites is 1. The first-order valence-corrected chi connectivity index (χ1v) is 8.56. The van der Waals surface area contributed by atoms with E-state index in [1.54, 1.807) is 6.20 Å². The van der Waals surface area contributed by atoms with Crippen molar-refractivity contribution in [1.29, 1.82) is 0 Å². The zero-order valence-corrected chi connectivity index (χ0v) is 14.2. The van der Waals surface area contributed by atoms with Crippen LogP contribution >= 0.6 is 0 Å². The quantitative estimate of drug-likeness (QED) is 0.563. The summed E-state index contributed by atoms with van der Waals surface area (Å²) in [5.74, 6) is 1.80. The lowest BCUT2D eigenvalue weighted by atomic mass is 10.2. The van der Waals surface area contributed by atoms with E-state index in [0.717, 1.165) is 36.8 Å². The van der Waals surface area contributed by atoms with Gasteiger partial charge in [0.2, 0.25) is 0 Å². The van der Waals surface area contributed by atoms with E-state index in [4.69, 9.17) is 4.74 Å². The number of hydrogen-bond donors (Lipinski definition) is 2. The van der Waals surface area contributed by atoms with Gasteiger partial charge in [0.25, 0.3) is 0 Å². The molecule has 0 fully saturated rings. The third-order valence-corrected chi connectivity index (χ3v) is 3.75. The molecule has 3 aromatic rings. The predicted molar refractivity (Wildman–Crippen MR) is 103 cm³/mol. The van der Waals surface area contributed by atoms with Crippen LogP contribution in [0.15, 0.2) is 79.0 Å². The van der Waals surface area contributed by atoms with E-state index in [9.17, 15) is 0 Å². The van der Waals surface area contributed by atoms with Gasteiger partial charge in [-0.3, -0.25) is 0 Å². The Balaban J connectivity index is 1.35. The number of rotatable bonds is 9. The first-order valence-electron chi connectivity index (χ1n) is 8.56. The van der Waals surface area contributed by atoms with Crippen LogP contribution in [0.3, 0.4) is 0 Å². The minimum atomic E-state index is 0.682. The average molecular weight is 333 g/mol. The molecule has 0 aliphatic heterocycles. The summed E-state index contributed by atoms with van der Waals surface area (Å²) in [4.78, 5) is 4.23. The molecule has 128 valence electrons. The summed E-state index contributed by atoms with van der Waals surface area (Å²) in [6, 6.07) is 24.3. The molecule has 0 saturated carbocycles. The molecule has 0 saturated heterocycles. The molecule has 25 heavy (non-hydrogen) atoms. The zero-order chi connectivity index (χ0) is 17.2. The Hall–Kier alpha value is -3.01. The van der Waals surface area contributed by atoms with Crippen LogP contribution in [0.2, 0.25) is 0 Å². The van der Waals surface area contributed by atoms with Crippen LogP contribution in [-0.2, 0) is 6.54 Å². The Morgan fingerprint density at radius 1 is 0.800 bits per heavy atom. The molecule has 0 aliphatic carbocycles. The third-order valence-electron chi connectivity index (χ3n) is 3.75. The van der Waals surface area contributed by atoms with Crippen LogP contribution in [0, 0.1) is 0 Å². The smallest absolute Gasteiger partial charge is 0.125 e. The van der Waals surface area contributed by atoms with E-state index in [0.29, 0.717) is 6.61 Å². The number of hydrogen-bond acceptors (Lipinski definition) is 4. The van der Waals surface area contributed by atoms with Crippen molar-refractivity contribution in [2.24, 2.45) is 0 Å². The highest BCUT2D eigenvalue weighted by molar-refractivity contribution is 5.43. The van der Waals surface area contributed by atoms with Gasteiger partial charge in [0.05, 0.1) is 6.61 Å². The number of nitrogens with zero attached hydrogens (tertiary/aromatic N) is 1. The van der Waals surface area contributed by atoms with Crippen LogP contribution < -0.4 is 15.4 Å². The van der Waals surface area contributed by atoms with Gasteiger partial charge in [-0.15, -0.1) is 0 Å². The Bertz CT molecular complexity index is 730. The predicted octanol–water partition coefficient (Wildman–Crippen LogP) is 4.57.